The molecule has 0 radical (unpaired) electrons. The van der Waals surface area contributed by atoms with Crippen LogP contribution in [0.3, 0.4) is 0 Å². The van der Waals surface area contributed by atoms with Gasteiger partial charge in [0.05, 0.1) is 28.2 Å². The number of aryl methyl sites for hydroxylation is 1. The van der Waals surface area contributed by atoms with Crippen molar-refractivity contribution in [2.75, 3.05) is 0 Å². The van der Waals surface area contributed by atoms with Crippen LogP contribution in [0.15, 0.2) is 137 Å². The topological polar surface area (TPSA) is 46.8 Å². The molecule has 2 aliphatic rings. The quantitative estimate of drug-likeness (QED) is 0.160. The highest BCUT2D eigenvalue weighted by Gasteiger charge is 2.27. The lowest BCUT2D eigenvalue weighted by Gasteiger charge is -2.22. The van der Waals surface area contributed by atoms with Gasteiger partial charge in [-0.05, 0) is 121 Å². The van der Waals surface area contributed by atoms with Crippen molar-refractivity contribution in [2.24, 2.45) is 0 Å². The Hall–Kier alpha value is -6.31. The van der Waals surface area contributed by atoms with Gasteiger partial charge in [0.25, 0.3) is 0 Å². The monoisotopic (exact) mass is 697 g/mol. The molecule has 0 fully saturated rings. The molecule has 1 unspecified atom stereocenters. The average molecular weight is 698 g/mol. The first-order chi connectivity index (χ1) is 26.6. The summed E-state index contributed by atoms with van der Waals surface area (Å²) in [7, 11) is 0. The summed E-state index contributed by atoms with van der Waals surface area (Å²) in [5, 5.41) is 15.8. The molecular formula is C50H39N3O. The second-order valence-electron chi connectivity index (χ2n) is 15.5. The maximum atomic E-state index is 9.84. The Bertz CT molecular complexity index is 3010. The molecule has 0 amide bonds. The van der Waals surface area contributed by atoms with E-state index < -0.39 is 0 Å². The van der Waals surface area contributed by atoms with E-state index in [1.165, 1.54) is 92.1 Å². The number of nitrogens with zero attached hydrogens (tertiary/aromatic N) is 3. The molecule has 4 heteroatoms. The highest BCUT2D eigenvalue weighted by atomic mass is 16.3. The SMILES string of the molecule is CC1C=C2CCCCCCc3cc(cc(-n4c5ccccc5c5ccccc54)c3)-c3ccc4oc5ccc(cc5c4c3)-n3c(c1c1cc(C#N)ccc13)C2. The van der Waals surface area contributed by atoms with Crippen molar-refractivity contribution in [3.05, 3.63) is 155 Å². The number of benzene rings is 6. The average Bonchev–Trinajstić information content (AvgIpc) is 3.85. The van der Waals surface area contributed by atoms with Gasteiger partial charge in [0.2, 0.25) is 0 Å². The van der Waals surface area contributed by atoms with E-state index in [4.69, 9.17) is 4.42 Å². The first-order valence-electron chi connectivity index (χ1n) is 19.5. The molecule has 11 rings (SSSR count). The molecule has 0 saturated heterocycles. The second-order valence-corrected chi connectivity index (χ2v) is 15.5. The van der Waals surface area contributed by atoms with E-state index in [-0.39, 0.29) is 5.92 Å². The normalized spacial score (nSPS) is 16.0. The Morgan fingerprint density at radius 2 is 1.31 bits per heavy atom. The Morgan fingerprint density at radius 3 is 2.11 bits per heavy atom. The highest BCUT2D eigenvalue weighted by molar-refractivity contribution is 6.10. The van der Waals surface area contributed by atoms with Gasteiger partial charge in [-0.2, -0.15) is 5.26 Å². The molecule has 8 bridgehead atoms. The minimum atomic E-state index is 0.284. The molecule has 4 heterocycles. The lowest BCUT2D eigenvalue weighted by molar-refractivity contribution is 0.629. The summed E-state index contributed by atoms with van der Waals surface area (Å²) in [6.45, 7) is 2.33. The van der Waals surface area contributed by atoms with Crippen LogP contribution in [0.5, 0.6) is 0 Å². The molecular weight excluding hydrogens is 659 g/mol. The van der Waals surface area contributed by atoms with Gasteiger partial charge in [-0.1, -0.05) is 79.9 Å². The second kappa shape index (κ2) is 12.1. The maximum absolute atomic E-state index is 9.84. The van der Waals surface area contributed by atoms with Gasteiger partial charge in [0.1, 0.15) is 11.2 Å². The lowest BCUT2D eigenvalue weighted by Crippen LogP contribution is -2.10. The summed E-state index contributed by atoms with van der Waals surface area (Å²) in [5.74, 6) is 0.284. The van der Waals surface area contributed by atoms with Gasteiger partial charge in [-0.15, -0.1) is 0 Å². The number of rotatable bonds is 1. The van der Waals surface area contributed by atoms with Crippen molar-refractivity contribution in [1.29, 1.82) is 5.26 Å². The molecule has 9 aromatic rings. The Kier molecular flexibility index (Phi) is 7.01. The number of fused-ring (bicyclic) bond motifs is 13. The van der Waals surface area contributed by atoms with Crippen molar-refractivity contribution in [3.8, 4) is 28.6 Å². The van der Waals surface area contributed by atoms with E-state index in [1.54, 1.807) is 0 Å². The zero-order valence-corrected chi connectivity index (χ0v) is 30.4. The predicted octanol–water partition coefficient (Wildman–Crippen LogP) is 13.3. The van der Waals surface area contributed by atoms with Crippen molar-refractivity contribution in [1.82, 2.24) is 9.13 Å². The Morgan fingerprint density at radius 1 is 0.593 bits per heavy atom. The smallest absolute Gasteiger partial charge is 0.135 e. The van der Waals surface area contributed by atoms with Crippen LogP contribution in [0.1, 0.15) is 67.3 Å². The lowest BCUT2D eigenvalue weighted by atomic mass is 9.85. The standard InChI is InChI=1S/C50H39N3O/c1-31-22-32-10-4-2-3-5-11-33-23-36(27-38(24-33)53-44-14-8-6-12-39(44)40-13-7-9-15-45(40)53)35-17-20-48-41(28-35)42-29-37(18-21-49(42)54-48)52-46-19-16-34(30-51)25-43(46)50(31)47(52)26-32/h6-9,12-25,27-29,31H,2-5,10-11,26H2,1H3. The number of allylic oxidation sites excluding steroid dienone is 2. The van der Waals surface area contributed by atoms with E-state index >= 15 is 0 Å². The van der Waals surface area contributed by atoms with Crippen LogP contribution in [-0.2, 0) is 12.8 Å². The summed E-state index contributed by atoms with van der Waals surface area (Å²) in [6, 6.07) is 46.8. The van der Waals surface area contributed by atoms with Gasteiger partial charge in [-0.25, -0.2) is 0 Å². The molecule has 6 aromatic carbocycles. The summed E-state index contributed by atoms with van der Waals surface area (Å²) >= 11 is 0. The van der Waals surface area contributed by atoms with Crippen molar-refractivity contribution < 1.29 is 4.42 Å². The van der Waals surface area contributed by atoms with E-state index in [0.29, 0.717) is 5.56 Å². The van der Waals surface area contributed by atoms with Crippen LogP contribution in [0.2, 0.25) is 0 Å². The van der Waals surface area contributed by atoms with Crippen LogP contribution in [0, 0.1) is 11.3 Å². The molecule has 260 valence electrons. The minimum absolute atomic E-state index is 0.284. The fourth-order valence-corrected chi connectivity index (χ4v) is 9.73. The number of hydrogen-bond donors (Lipinski definition) is 0. The molecule has 54 heavy (non-hydrogen) atoms. The van der Waals surface area contributed by atoms with Crippen molar-refractivity contribution in [3.63, 3.8) is 0 Å². The number of nitriles is 1. The zero-order valence-electron chi connectivity index (χ0n) is 30.4. The third-order valence-electron chi connectivity index (χ3n) is 12.1. The molecule has 3 aromatic heterocycles. The predicted molar refractivity (Wildman–Crippen MR) is 222 cm³/mol. The number of hydrogen-bond acceptors (Lipinski definition) is 2. The third-order valence-corrected chi connectivity index (χ3v) is 12.1. The molecule has 0 saturated carbocycles. The van der Waals surface area contributed by atoms with Crippen molar-refractivity contribution in [2.45, 2.75) is 57.8 Å². The fourth-order valence-electron chi connectivity index (χ4n) is 9.73. The van der Waals surface area contributed by atoms with E-state index in [9.17, 15) is 5.26 Å². The van der Waals surface area contributed by atoms with E-state index in [0.717, 1.165) is 52.4 Å². The molecule has 0 spiro atoms. The largest absolute Gasteiger partial charge is 0.456 e. The molecule has 0 N–H and O–H groups in total. The Labute approximate surface area is 314 Å². The van der Waals surface area contributed by atoms with Gasteiger partial charge in [0.15, 0.2) is 0 Å². The molecule has 1 atom stereocenters. The summed E-state index contributed by atoms with van der Waals surface area (Å²) in [5.41, 5.74) is 16.5. The number of para-hydroxylation sites is 2. The van der Waals surface area contributed by atoms with Crippen LogP contribution < -0.4 is 0 Å². The van der Waals surface area contributed by atoms with E-state index in [1.807, 2.05) is 6.07 Å². The fraction of sp³-hybridized carbons (Fsp3) is 0.180. The molecule has 1 aliphatic heterocycles. The van der Waals surface area contributed by atoms with Gasteiger partial charge in [0, 0.05) is 56.3 Å². The third kappa shape index (κ3) is 4.81. The summed E-state index contributed by atoms with van der Waals surface area (Å²) < 4.78 is 11.4. The van der Waals surface area contributed by atoms with Crippen LogP contribution in [0.4, 0.5) is 0 Å². The van der Waals surface area contributed by atoms with Gasteiger partial charge in [-0.3, -0.25) is 0 Å². The first kappa shape index (κ1) is 31.2. The van der Waals surface area contributed by atoms with Crippen LogP contribution >= 0.6 is 0 Å². The maximum Gasteiger partial charge on any atom is 0.135 e. The van der Waals surface area contributed by atoms with Crippen LogP contribution in [0.25, 0.3) is 77.1 Å². The number of aromatic nitrogens is 2. The molecule has 1 aliphatic carbocycles. The number of furan rings is 1. The van der Waals surface area contributed by atoms with Gasteiger partial charge >= 0.3 is 0 Å². The highest BCUT2D eigenvalue weighted by Crippen LogP contribution is 2.43. The zero-order chi connectivity index (χ0) is 35.9. The van der Waals surface area contributed by atoms with E-state index in [2.05, 4.69) is 143 Å². The van der Waals surface area contributed by atoms with Crippen LogP contribution in [-0.4, -0.2) is 9.13 Å². The first-order valence-corrected chi connectivity index (χ1v) is 19.5. The molecule has 4 nitrogen and oxygen atoms in total. The minimum Gasteiger partial charge on any atom is -0.456 e. The van der Waals surface area contributed by atoms with Gasteiger partial charge < -0.3 is 13.6 Å². The summed E-state index contributed by atoms with van der Waals surface area (Å²) in [6.07, 6.45) is 10.4. The van der Waals surface area contributed by atoms with Crippen molar-refractivity contribution >= 4 is 54.6 Å². The Balaban J connectivity index is 1.14. The summed E-state index contributed by atoms with van der Waals surface area (Å²) in [4.78, 5) is 0.